The van der Waals surface area contributed by atoms with E-state index >= 15 is 0 Å². The molecule has 2 aromatic rings. The summed E-state index contributed by atoms with van der Waals surface area (Å²) in [6.07, 6.45) is 1.01. The Kier molecular flexibility index (Phi) is 5.28. The number of aromatic nitrogens is 2. The number of nitrogens with one attached hydrogen (secondary N) is 1. The van der Waals surface area contributed by atoms with Crippen LogP contribution in [0.1, 0.15) is 28.8 Å². The van der Waals surface area contributed by atoms with Crippen molar-refractivity contribution in [2.45, 2.75) is 20.3 Å². The van der Waals surface area contributed by atoms with Crippen LogP contribution in [0.4, 0.5) is 11.5 Å². The van der Waals surface area contributed by atoms with E-state index in [0.29, 0.717) is 17.3 Å². The molecule has 0 radical (unpaired) electrons. The molecule has 1 aliphatic rings. The number of carbonyl (C=O) groups excluding carboxylic acids is 1. The average Bonchev–Trinajstić information content (AvgIpc) is 2.62. The molecule has 0 saturated carbocycles. The lowest BCUT2D eigenvalue weighted by Gasteiger charge is -2.32. The first kappa shape index (κ1) is 17.4. The van der Waals surface area contributed by atoms with Crippen molar-refractivity contribution in [3.63, 3.8) is 0 Å². The smallest absolute Gasteiger partial charge is 0.272 e. The van der Waals surface area contributed by atoms with E-state index in [0.717, 1.165) is 38.3 Å². The number of benzene rings is 1. The number of carbonyl (C=O) groups is 1. The lowest BCUT2D eigenvalue weighted by atomic mass is 10.1. The summed E-state index contributed by atoms with van der Waals surface area (Å²) in [6, 6.07) is 9.97. The highest BCUT2D eigenvalue weighted by atomic mass is 16.2. The standard InChI is InChI=1S/C19H25N5O/c1-4-15-5-7-16(8-6-15)22-18-13-17(20-14(2)21-18)19(25)24-11-9-23(3)10-12-24/h5-8,13H,4,9-12H2,1-3H3,(H,20,21,22). The third kappa shape index (κ3) is 4.33. The first-order valence-electron chi connectivity index (χ1n) is 8.74. The van der Waals surface area contributed by atoms with Crippen LogP contribution in [0.2, 0.25) is 0 Å². The van der Waals surface area contributed by atoms with Crippen LogP contribution in [0, 0.1) is 6.92 Å². The van der Waals surface area contributed by atoms with Gasteiger partial charge >= 0.3 is 0 Å². The van der Waals surface area contributed by atoms with E-state index < -0.39 is 0 Å². The molecule has 6 nitrogen and oxygen atoms in total. The van der Waals surface area contributed by atoms with Crippen molar-refractivity contribution in [1.82, 2.24) is 19.8 Å². The SMILES string of the molecule is CCc1ccc(Nc2cc(C(=O)N3CCN(C)CC3)nc(C)n2)cc1. The summed E-state index contributed by atoms with van der Waals surface area (Å²) >= 11 is 0. The largest absolute Gasteiger partial charge is 0.340 e. The molecule has 3 rings (SSSR count). The summed E-state index contributed by atoms with van der Waals surface area (Å²) in [5.41, 5.74) is 2.69. The van der Waals surface area contributed by atoms with Gasteiger partial charge in [-0.1, -0.05) is 19.1 Å². The Balaban J connectivity index is 1.76. The van der Waals surface area contributed by atoms with Gasteiger partial charge in [-0.2, -0.15) is 0 Å². The second-order valence-electron chi connectivity index (χ2n) is 6.46. The third-order valence-electron chi connectivity index (χ3n) is 4.48. The van der Waals surface area contributed by atoms with Crippen LogP contribution < -0.4 is 5.32 Å². The number of hydrogen-bond acceptors (Lipinski definition) is 5. The molecule has 0 spiro atoms. The Bertz CT molecular complexity index is 736. The number of hydrogen-bond donors (Lipinski definition) is 1. The maximum Gasteiger partial charge on any atom is 0.272 e. The highest BCUT2D eigenvalue weighted by Crippen LogP contribution is 2.17. The van der Waals surface area contributed by atoms with Gasteiger partial charge in [0, 0.05) is 37.9 Å². The minimum Gasteiger partial charge on any atom is -0.340 e. The third-order valence-corrected chi connectivity index (χ3v) is 4.48. The lowest BCUT2D eigenvalue weighted by molar-refractivity contribution is 0.0658. The van der Waals surface area contributed by atoms with Crippen molar-refractivity contribution >= 4 is 17.4 Å². The van der Waals surface area contributed by atoms with E-state index in [1.165, 1.54) is 5.56 Å². The fourth-order valence-electron chi connectivity index (χ4n) is 2.88. The second-order valence-corrected chi connectivity index (χ2v) is 6.46. The number of nitrogens with zero attached hydrogens (tertiary/aromatic N) is 4. The van der Waals surface area contributed by atoms with Gasteiger partial charge in [0.05, 0.1) is 0 Å². The fourth-order valence-corrected chi connectivity index (χ4v) is 2.88. The number of anilines is 2. The molecule has 6 heteroatoms. The van der Waals surface area contributed by atoms with E-state index in [4.69, 9.17) is 0 Å². The number of amides is 1. The first-order chi connectivity index (χ1) is 12.0. The molecule has 0 atom stereocenters. The summed E-state index contributed by atoms with van der Waals surface area (Å²) in [7, 11) is 2.07. The topological polar surface area (TPSA) is 61.4 Å². The Hall–Kier alpha value is -2.47. The molecule has 0 aliphatic carbocycles. The van der Waals surface area contributed by atoms with E-state index in [9.17, 15) is 4.79 Å². The Morgan fingerprint density at radius 2 is 1.80 bits per heavy atom. The van der Waals surface area contributed by atoms with E-state index in [2.05, 4.69) is 46.3 Å². The van der Waals surface area contributed by atoms with E-state index in [1.54, 1.807) is 6.07 Å². The van der Waals surface area contributed by atoms with Gasteiger partial charge in [0.1, 0.15) is 17.3 Å². The van der Waals surface area contributed by atoms with Crippen LogP contribution >= 0.6 is 0 Å². The minimum atomic E-state index is -0.0250. The normalized spacial score (nSPS) is 15.2. The van der Waals surface area contributed by atoms with Crippen molar-refractivity contribution in [3.8, 4) is 0 Å². The van der Waals surface area contributed by atoms with Crippen LogP contribution in [0.25, 0.3) is 0 Å². The van der Waals surface area contributed by atoms with E-state index in [-0.39, 0.29) is 5.91 Å². The molecule has 0 unspecified atom stereocenters. The van der Waals surface area contributed by atoms with Crippen LogP contribution in [0.15, 0.2) is 30.3 Å². The maximum atomic E-state index is 12.7. The van der Waals surface area contributed by atoms with E-state index in [1.807, 2.05) is 24.0 Å². The molecule has 25 heavy (non-hydrogen) atoms. The van der Waals surface area contributed by atoms with Gasteiger partial charge in [-0.05, 0) is 38.1 Å². The number of piperazine rings is 1. The first-order valence-corrected chi connectivity index (χ1v) is 8.74. The van der Waals surface area contributed by atoms with Crippen LogP contribution in [0.5, 0.6) is 0 Å². The van der Waals surface area contributed by atoms with Gasteiger partial charge in [0.15, 0.2) is 0 Å². The van der Waals surface area contributed by atoms with Crippen molar-refractivity contribution in [1.29, 1.82) is 0 Å². The van der Waals surface area contributed by atoms with Gasteiger partial charge in [0.25, 0.3) is 5.91 Å². The predicted octanol–water partition coefficient (Wildman–Crippen LogP) is 2.48. The molecule has 2 heterocycles. The van der Waals surface area contributed by atoms with Crippen LogP contribution in [-0.4, -0.2) is 58.9 Å². The monoisotopic (exact) mass is 339 g/mol. The van der Waals surface area contributed by atoms with Gasteiger partial charge in [-0.15, -0.1) is 0 Å². The van der Waals surface area contributed by atoms with Crippen LogP contribution in [-0.2, 0) is 6.42 Å². The summed E-state index contributed by atoms with van der Waals surface area (Å²) in [5, 5.41) is 3.27. The molecular formula is C19H25N5O. The molecule has 0 bridgehead atoms. The maximum absolute atomic E-state index is 12.7. The molecule has 1 amide bonds. The number of aryl methyl sites for hydroxylation is 2. The quantitative estimate of drug-likeness (QED) is 0.927. The summed E-state index contributed by atoms with van der Waals surface area (Å²) in [4.78, 5) is 25.6. The predicted molar refractivity (Wildman–Crippen MR) is 99.3 cm³/mol. The molecule has 132 valence electrons. The summed E-state index contributed by atoms with van der Waals surface area (Å²) in [5.74, 6) is 1.21. The van der Waals surface area contributed by atoms with Gasteiger partial charge in [-0.3, -0.25) is 4.79 Å². The van der Waals surface area contributed by atoms with Gasteiger partial charge in [-0.25, -0.2) is 9.97 Å². The zero-order chi connectivity index (χ0) is 17.8. The van der Waals surface area contributed by atoms with Gasteiger partial charge in [0.2, 0.25) is 0 Å². The Labute approximate surface area is 148 Å². The van der Waals surface area contributed by atoms with Gasteiger partial charge < -0.3 is 15.1 Å². The zero-order valence-corrected chi connectivity index (χ0v) is 15.1. The fraction of sp³-hybridized carbons (Fsp3) is 0.421. The Morgan fingerprint density at radius 1 is 1.12 bits per heavy atom. The molecule has 1 fully saturated rings. The molecule has 1 N–H and O–H groups in total. The lowest BCUT2D eigenvalue weighted by Crippen LogP contribution is -2.47. The van der Waals surface area contributed by atoms with Crippen molar-refractivity contribution in [2.75, 3.05) is 38.5 Å². The van der Waals surface area contributed by atoms with Crippen molar-refractivity contribution in [2.24, 2.45) is 0 Å². The summed E-state index contributed by atoms with van der Waals surface area (Å²) in [6.45, 7) is 7.20. The highest BCUT2D eigenvalue weighted by molar-refractivity contribution is 5.93. The molecule has 1 aromatic heterocycles. The highest BCUT2D eigenvalue weighted by Gasteiger charge is 2.22. The van der Waals surface area contributed by atoms with Crippen LogP contribution in [0.3, 0.4) is 0 Å². The molecule has 1 aliphatic heterocycles. The van der Waals surface area contributed by atoms with Crippen molar-refractivity contribution in [3.05, 3.63) is 47.4 Å². The Morgan fingerprint density at radius 3 is 2.44 bits per heavy atom. The second kappa shape index (κ2) is 7.61. The van der Waals surface area contributed by atoms with Crippen molar-refractivity contribution < 1.29 is 4.79 Å². The molecule has 1 aromatic carbocycles. The number of rotatable bonds is 4. The average molecular weight is 339 g/mol. The molecule has 1 saturated heterocycles. The molecular weight excluding hydrogens is 314 g/mol. The zero-order valence-electron chi connectivity index (χ0n) is 15.1. The summed E-state index contributed by atoms with van der Waals surface area (Å²) < 4.78 is 0. The minimum absolute atomic E-state index is 0.0250. The number of likely N-dealkylation sites (N-methyl/N-ethyl adjacent to an activating group) is 1.